The van der Waals surface area contributed by atoms with E-state index in [9.17, 15) is 0 Å². The topological polar surface area (TPSA) is 59.1 Å². The van der Waals surface area contributed by atoms with Crippen LogP contribution in [-0.4, -0.2) is 11.9 Å². The van der Waals surface area contributed by atoms with Crippen LogP contribution in [0.25, 0.3) is 0 Å². The van der Waals surface area contributed by atoms with Gasteiger partial charge in [-0.2, -0.15) is 0 Å². The summed E-state index contributed by atoms with van der Waals surface area (Å²) in [5.74, 6) is 0.907. The van der Waals surface area contributed by atoms with Crippen molar-refractivity contribution >= 4 is 5.84 Å². The van der Waals surface area contributed by atoms with Crippen LogP contribution in [0.4, 0.5) is 0 Å². The highest BCUT2D eigenvalue weighted by Crippen LogP contribution is 2.14. The number of rotatable bonds is 4. The predicted molar refractivity (Wildman–Crippen MR) is 57.8 cm³/mol. The predicted octanol–water partition coefficient (Wildman–Crippen LogP) is 2.15. The number of amidine groups is 1. The Bertz CT molecular complexity index is 306. The molecule has 1 rings (SSSR count). The van der Waals surface area contributed by atoms with Gasteiger partial charge in [-0.05, 0) is 37.6 Å². The van der Waals surface area contributed by atoms with Gasteiger partial charge in [0.25, 0.3) is 0 Å². The van der Waals surface area contributed by atoms with Crippen molar-refractivity contribution in [3.63, 3.8) is 0 Å². The summed E-state index contributed by atoms with van der Waals surface area (Å²) in [4.78, 5) is 0. The Balaban J connectivity index is 2.68. The van der Waals surface area contributed by atoms with E-state index < -0.39 is 0 Å². The number of hydrogen-bond acceptors (Lipinski definition) is 2. The summed E-state index contributed by atoms with van der Waals surface area (Å²) >= 11 is 0. The molecule has 1 unspecified atom stereocenters. The first-order chi connectivity index (χ1) is 6.63. The molecule has 76 valence electrons. The summed E-state index contributed by atoms with van der Waals surface area (Å²) in [6.45, 7) is 4.10. The van der Waals surface area contributed by atoms with Crippen molar-refractivity contribution in [3.8, 4) is 5.75 Å². The van der Waals surface area contributed by atoms with Crippen LogP contribution in [0.5, 0.6) is 5.75 Å². The first-order valence-electron chi connectivity index (χ1n) is 4.74. The van der Waals surface area contributed by atoms with E-state index in [-0.39, 0.29) is 11.9 Å². The highest BCUT2D eigenvalue weighted by Gasteiger charge is 2.01. The van der Waals surface area contributed by atoms with Crippen molar-refractivity contribution in [2.24, 2.45) is 5.73 Å². The van der Waals surface area contributed by atoms with E-state index in [4.69, 9.17) is 15.9 Å². The Morgan fingerprint density at radius 3 is 2.43 bits per heavy atom. The van der Waals surface area contributed by atoms with Crippen molar-refractivity contribution in [2.45, 2.75) is 26.4 Å². The van der Waals surface area contributed by atoms with Gasteiger partial charge >= 0.3 is 0 Å². The molecule has 0 aliphatic carbocycles. The van der Waals surface area contributed by atoms with Crippen molar-refractivity contribution in [1.29, 1.82) is 5.41 Å². The Hall–Kier alpha value is -1.51. The maximum absolute atomic E-state index is 7.22. The van der Waals surface area contributed by atoms with E-state index in [1.807, 2.05) is 19.1 Å². The lowest BCUT2D eigenvalue weighted by molar-refractivity contribution is 0.217. The first-order valence-corrected chi connectivity index (χ1v) is 4.74. The maximum atomic E-state index is 7.22. The zero-order chi connectivity index (χ0) is 10.6. The van der Waals surface area contributed by atoms with Gasteiger partial charge < -0.3 is 10.5 Å². The van der Waals surface area contributed by atoms with E-state index >= 15 is 0 Å². The Morgan fingerprint density at radius 2 is 2.00 bits per heavy atom. The fourth-order valence-corrected chi connectivity index (χ4v) is 1.03. The smallest absolute Gasteiger partial charge is 0.122 e. The third-order valence-corrected chi connectivity index (χ3v) is 2.08. The number of nitrogens with two attached hydrogens (primary N) is 1. The second kappa shape index (κ2) is 4.65. The van der Waals surface area contributed by atoms with Crippen LogP contribution < -0.4 is 10.5 Å². The number of ether oxygens (including phenoxy) is 1. The number of nitrogens with one attached hydrogen (secondary N) is 1. The molecule has 0 aliphatic heterocycles. The third-order valence-electron chi connectivity index (χ3n) is 2.08. The lowest BCUT2D eigenvalue weighted by Gasteiger charge is -2.12. The molecule has 0 aromatic heterocycles. The fourth-order valence-electron chi connectivity index (χ4n) is 1.03. The van der Waals surface area contributed by atoms with Crippen LogP contribution in [0.3, 0.4) is 0 Å². The highest BCUT2D eigenvalue weighted by molar-refractivity contribution is 5.94. The van der Waals surface area contributed by atoms with Crippen LogP contribution in [0.2, 0.25) is 0 Å². The number of nitrogen functional groups attached to an aromatic ring is 1. The average molecular weight is 192 g/mol. The molecule has 0 amide bonds. The van der Waals surface area contributed by atoms with Crippen molar-refractivity contribution in [3.05, 3.63) is 29.8 Å². The van der Waals surface area contributed by atoms with E-state index in [1.54, 1.807) is 12.1 Å². The average Bonchev–Trinajstić information content (AvgIpc) is 2.18. The quantitative estimate of drug-likeness (QED) is 0.567. The molecule has 0 saturated carbocycles. The van der Waals surface area contributed by atoms with Crippen LogP contribution >= 0.6 is 0 Å². The van der Waals surface area contributed by atoms with Crippen LogP contribution in [0.15, 0.2) is 24.3 Å². The van der Waals surface area contributed by atoms with Gasteiger partial charge in [0.05, 0.1) is 6.10 Å². The Morgan fingerprint density at radius 1 is 1.43 bits per heavy atom. The zero-order valence-corrected chi connectivity index (χ0v) is 8.58. The van der Waals surface area contributed by atoms with Crippen molar-refractivity contribution < 1.29 is 4.74 Å². The molecular weight excluding hydrogens is 176 g/mol. The summed E-state index contributed by atoms with van der Waals surface area (Å²) in [6.07, 6.45) is 1.20. The highest BCUT2D eigenvalue weighted by atomic mass is 16.5. The molecule has 0 aliphatic rings. The molecule has 0 radical (unpaired) electrons. The molecule has 1 aromatic rings. The molecule has 3 heteroatoms. The van der Waals surface area contributed by atoms with Gasteiger partial charge in [0.15, 0.2) is 0 Å². The second-order valence-electron chi connectivity index (χ2n) is 3.27. The lowest BCUT2D eigenvalue weighted by atomic mass is 10.2. The largest absolute Gasteiger partial charge is 0.491 e. The molecule has 0 saturated heterocycles. The van der Waals surface area contributed by atoms with Gasteiger partial charge in [-0.15, -0.1) is 0 Å². The van der Waals surface area contributed by atoms with E-state index in [2.05, 4.69) is 6.92 Å². The van der Waals surface area contributed by atoms with Crippen LogP contribution in [0.1, 0.15) is 25.8 Å². The minimum Gasteiger partial charge on any atom is -0.491 e. The lowest BCUT2D eigenvalue weighted by Crippen LogP contribution is -2.12. The minimum absolute atomic E-state index is 0.0834. The standard InChI is InChI=1S/C11H16N2O/c1-3-8(2)14-10-6-4-9(5-7-10)11(12)13/h4-8H,3H2,1-2H3,(H3,12,13). The number of benzene rings is 1. The molecule has 0 spiro atoms. The van der Waals surface area contributed by atoms with Gasteiger partial charge in [-0.25, -0.2) is 0 Å². The first kappa shape index (κ1) is 10.6. The van der Waals surface area contributed by atoms with Gasteiger partial charge in [0.2, 0.25) is 0 Å². The molecule has 0 fully saturated rings. The van der Waals surface area contributed by atoms with Gasteiger partial charge in [-0.3, -0.25) is 5.41 Å². The van der Waals surface area contributed by atoms with E-state index in [1.165, 1.54) is 0 Å². The van der Waals surface area contributed by atoms with Crippen molar-refractivity contribution in [1.82, 2.24) is 0 Å². The molecule has 1 aromatic carbocycles. The molecular formula is C11H16N2O. The van der Waals surface area contributed by atoms with Gasteiger partial charge in [-0.1, -0.05) is 6.92 Å². The zero-order valence-electron chi connectivity index (χ0n) is 8.58. The SMILES string of the molecule is CCC(C)Oc1ccc(C(=N)N)cc1. The third kappa shape index (κ3) is 2.76. The van der Waals surface area contributed by atoms with Crippen molar-refractivity contribution in [2.75, 3.05) is 0 Å². The molecule has 1 atom stereocenters. The summed E-state index contributed by atoms with van der Waals surface area (Å²) in [5.41, 5.74) is 6.06. The van der Waals surface area contributed by atoms with Crippen LogP contribution in [-0.2, 0) is 0 Å². The molecule has 0 bridgehead atoms. The second-order valence-corrected chi connectivity index (χ2v) is 3.27. The van der Waals surface area contributed by atoms with Crippen LogP contribution in [0, 0.1) is 5.41 Å². The van der Waals surface area contributed by atoms with E-state index in [0.717, 1.165) is 17.7 Å². The minimum atomic E-state index is 0.0834. The summed E-state index contributed by atoms with van der Waals surface area (Å²) in [5, 5.41) is 7.22. The molecule has 3 N–H and O–H groups in total. The molecule has 0 heterocycles. The summed E-state index contributed by atoms with van der Waals surface area (Å²) < 4.78 is 5.59. The van der Waals surface area contributed by atoms with E-state index in [0.29, 0.717) is 0 Å². The Labute approximate surface area is 84.4 Å². The summed E-state index contributed by atoms with van der Waals surface area (Å²) in [6, 6.07) is 7.26. The fraction of sp³-hybridized carbons (Fsp3) is 0.364. The van der Waals surface area contributed by atoms with Gasteiger partial charge in [0, 0.05) is 5.56 Å². The maximum Gasteiger partial charge on any atom is 0.122 e. The van der Waals surface area contributed by atoms with Gasteiger partial charge in [0.1, 0.15) is 11.6 Å². The number of hydrogen-bond donors (Lipinski definition) is 2. The Kier molecular flexibility index (Phi) is 3.51. The molecule has 14 heavy (non-hydrogen) atoms. The normalized spacial score (nSPS) is 12.1. The molecule has 3 nitrogen and oxygen atoms in total. The monoisotopic (exact) mass is 192 g/mol. The summed E-state index contributed by atoms with van der Waals surface area (Å²) in [7, 11) is 0.